The van der Waals surface area contributed by atoms with Crippen LogP contribution < -0.4 is 28.7 Å². The number of ether oxygens (including phenoxy) is 4. The Morgan fingerprint density at radius 3 is 2.14 bits per heavy atom. The highest BCUT2D eigenvalue weighted by Crippen LogP contribution is 2.65. The van der Waals surface area contributed by atoms with Gasteiger partial charge in [-0.25, -0.2) is 9.29 Å². The number of halogens is 2. The summed E-state index contributed by atoms with van der Waals surface area (Å²) in [6.45, 7) is 1.67. The number of amides is 4. The van der Waals surface area contributed by atoms with E-state index in [1.54, 1.807) is 45.4 Å². The average molecular weight is 807 g/mol. The number of allylic oxidation sites excluding steroid dienone is 2. The van der Waals surface area contributed by atoms with Crippen LogP contribution in [0.25, 0.3) is 12.2 Å². The minimum absolute atomic E-state index is 0.0690. The fourth-order valence-electron chi connectivity index (χ4n) is 9.50. The van der Waals surface area contributed by atoms with E-state index in [2.05, 4.69) is 0 Å². The standard InChI is InChI=1S/C45H40ClFN2O9/c1-45-32(42(52)49(44(45)54)26-12-16-34(47)33(46)19-26)22-31-29(40(45)39-35(50)20-28(56-3)21-37(39)58-5)14-15-30-38(31)43(53)48(41(30)51)25-10-7-23(8-11-25)6-9-24-18-27(55-2)13-17-36(24)57-4/h6-14,16-21,30-32,38,40,50H,15,22H2,1-5H3. The molecule has 1 N–H and O–H groups in total. The molecule has 298 valence electrons. The number of methoxy groups -OCH3 is 4. The molecule has 1 saturated carbocycles. The molecule has 0 spiro atoms. The zero-order valence-corrected chi connectivity index (χ0v) is 33.1. The number of carbonyl (C=O) groups excluding carboxylic acids is 4. The number of hydrogen-bond acceptors (Lipinski definition) is 9. The Bertz CT molecular complexity index is 2450. The third-order valence-corrected chi connectivity index (χ3v) is 12.6. The maximum atomic E-state index is 14.8. The van der Waals surface area contributed by atoms with Gasteiger partial charge in [0.25, 0.3) is 0 Å². The van der Waals surface area contributed by atoms with Crippen LogP contribution in [-0.4, -0.2) is 57.2 Å². The molecule has 2 aliphatic carbocycles. The van der Waals surface area contributed by atoms with Crippen molar-refractivity contribution >= 4 is 58.8 Å². The van der Waals surface area contributed by atoms with Crippen LogP contribution in [0.4, 0.5) is 15.8 Å². The van der Waals surface area contributed by atoms with Gasteiger partial charge in [0.1, 0.15) is 34.6 Å². The van der Waals surface area contributed by atoms with Crippen LogP contribution in [0, 0.1) is 34.9 Å². The number of rotatable bonds is 9. The van der Waals surface area contributed by atoms with E-state index in [-0.39, 0.29) is 46.5 Å². The van der Waals surface area contributed by atoms with E-state index in [1.807, 2.05) is 42.5 Å². The zero-order chi connectivity index (χ0) is 41.2. The van der Waals surface area contributed by atoms with Crippen molar-refractivity contribution in [3.63, 3.8) is 0 Å². The molecule has 58 heavy (non-hydrogen) atoms. The van der Waals surface area contributed by atoms with Crippen molar-refractivity contribution < 1.29 is 47.6 Å². The molecular formula is C45H40ClFN2O9. The van der Waals surface area contributed by atoms with Crippen molar-refractivity contribution in [2.24, 2.45) is 29.1 Å². The Hall–Kier alpha value is -6.14. The molecule has 2 saturated heterocycles. The molecule has 3 fully saturated rings. The minimum Gasteiger partial charge on any atom is -0.507 e. The predicted octanol–water partition coefficient (Wildman–Crippen LogP) is 7.82. The van der Waals surface area contributed by atoms with Gasteiger partial charge in [-0.3, -0.25) is 24.1 Å². The molecule has 4 aromatic rings. The van der Waals surface area contributed by atoms with E-state index in [4.69, 9.17) is 30.5 Å². The number of nitrogens with zero attached hydrogens (tertiary/aromatic N) is 2. The summed E-state index contributed by atoms with van der Waals surface area (Å²) in [4.78, 5) is 60.5. The lowest BCUT2D eigenvalue weighted by molar-refractivity contribution is -0.131. The predicted molar refractivity (Wildman–Crippen MR) is 215 cm³/mol. The fraction of sp³-hybridized carbons (Fsp3) is 0.289. The van der Waals surface area contributed by atoms with Crippen molar-refractivity contribution in [3.05, 3.63) is 112 Å². The highest BCUT2D eigenvalue weighted by atomic mass is 35.5. The summed E-state index contributed by atoms with van der Waals surface area (Å²) >= 11 is 6.13. The summed E-state index contributed by atoms with van der Waals surface area (Å²) in [5.41, 5.74) is 1.50. The molecule has 4 aromatic carbocycles. The van der Waals surface area contributed by atoms with Crippen LogP contribution in [0.1, 0.15) is 42.4 Å². The van der Waals surface area contributed by atoms with Crippen molar-refractivity contribution in [3.8, 4) is 28.7 Å². The second kappa shape index (κ2) is 14.7. The first-order chi connectivity index (χ1) is 27.9. The first-order valence-corrected chi connectivity index (χ1v) is 19.1. The van der Waals surface area contributed by atoms with Gasteiger partial charge in [-0.1, -0.05) is 47.5 Å². The summed E-state index contributed by atoms with van der Waals surface area (Å²) in [7, 11) is 6.04. The molecule has 0 bridgehead atoms. The van der Waals surface area contributed by atoms with Gasteiger partial charge in [0.05, 0.1) is 68.0 Å². The number of aromatic hydroxyl groups is 1. The molecule has 0 radical (unpaired) electrons. The van der Waals surface area contributed by atoms with Crippen LogP contribution >= 0.6 is 11.6 Å². The van der Waals surface area contributed by atoms with E-state index < -0.39 is 58.5 Å². The van der Waals surface area contributed by atoms with Gasteiger partial charge in [-0.2, -0.15) is 0 Å². The zero-order valence-electron chi connectivity index (χ0n) is 32.3. The van der Waals surface area contributed by atoms with Gasteiger partial charge >= 0.3 is 0 Å². The molecular weight excluding hydrogens is 767 g/mol. The Morgan fingerprint density at radius 1 is 0.759 bits per heavy atom. The number of phenolic OH excluding ortho intramolecular Hbond substituents is 1. The molecule has 11 nitrogen and oxygen atoms in total. The van der Waals surface area contributed by atoms with E-state index in [0.29, 0.717) is 28.5 Å². The maximum absolute atomic E-state index is 14.8. The van der Waals surface area contributed by atoms with Crippen LogP contribution in [-0.2, 0) is 19.2 Å². The first kappa shape index (κ1) is 38.7. The number of carbonyl (C=O) groups is 4. The SMILES string of the molecule is COc1ccc(OC)c(C=Cc2ccc(N3C(=O)C4CC=C5C(CC6C(=O)N(c7ccc(F)c(Cl)c7)C(=O)C6(C)C5c5c(O)cc(OC)cc5OC)C4C3=O)cc2)c1. The third-order valence-electron chi connectivity index (χ3n) is 12.3. The van der Waals surface area contributed by atoms with Gasteiger partial charge in [0.2, 0.25) is 23.6 Å². The molecule has 13 heteroatoms. The largest absolute Gasteiger partial charge is 0.507 e. The van der Waals surface area contributed by atoms with E-state index in [1.165, 1.54) is 37.3 Å². The Balaban J connectivity index is 1.17. The Morgan fingerprint density at radius 2 is 1.47 bits per heavy atom. The van der Waals surface area contributed by atoms with Crippen LogP contribution in [0.2, 0.25) is 5.02 Å². The van der Waals surface area contributed by atoms with Crippen molar-refractivity contribution in [2.45, 2.75) is 25.7 Å². The van der Waals surface area contributed by atoms with Crippen LogP contribution in [0.3, 0.4) is 0 Å². The fourth-order valence-corrected chi connectivity index (χ4v) is 9.68. The van der Waals surface area contributed by atoms with Crippen LogP contribution in [0.5, 0.6) is 28.7 Å². The van der Waals surface area contributed by atoms with Crippen molar-refractivity contribution in [2.75, 3.05) is 38.2 Å². The molecule has 2 aliphatic heterocycles. The quantitative estimate of drug-likeness (QED) is 0.102. The lowest BCUT2D eigenvalue weighted by atomic mass is 9.51. The number of hydrogen-bond donors (Lipinski definition) is 1. The lowest BCUT2D eigenvalue weighted by Crippen LogP contribution is -2.49. The second-order valence-corrected chi connectivity index (χ2v) is 15.5. The van der Waals surface area contributed by atoms with Gasteiger partial charge in [-0.15, -0.1) is 0 Å². The molecule has 0 aromatic heterocycles. The lowest BCUT2D eigenvalue weighted by Gasteiger charge is -2.49. The van der Waals surface area contributed by atoms with E-state index >= 15 is 0 Å². The average Bonchev–Trinajstić information content (AvgIpc) is 3.60. The molecule has 6 unspecified atom stereocenters. The highest BCUT2D eigenvalue weighted by Gasteiger charge is 2.68. The topological polar surface area (TPSA) is 132 Å². The molecule has 2 heterocycles. The van der Waals surface area contributed by atoms with Gasteiger partial charge < -0.3 is 24.1 Å². The van der Waals surface area contributed by atoms with E-state index in [9.17, 15) is 28.7 Å². The molecule has 8 rings (SSSR count). The summed E-state index contributed by atoms with van der Waals surface area (Å²) < 4.78 is 36.3. The highest BCUT2D eigenvalue weighted by molar-refractivity contribution is 6.32. The summed E-state index contributed by atoms with van der Waals surface area (Å²) in [5.74, 6) is -5.23. The Labute approximate surface area is 339 Å². The van der Waals surface area contributed by atoms with Crippen molar-refractivity contribution in [1.82, 2.24) is 0 Å². The summed E-state index contributed by atoms with van der Waals surface area (Å²) in [5, 5.41) is 11.4. The van der Waals surface area contributed by atoms with E-state index in [0.717, 1.165) is 22.1 Å². The monoisotopic (exact) mass is 806 g/mol. The third kappa shape index (κ3) is 5.91. The molecule has 4 amide bonds. The van der Waals surface area contributed by atoms with Gasteiger partial charge in [0.15, 0.2) is 0 Å². The maximum Gasteiger partial charge on any atom is 0.241 e. The minimum atomic E-state index is -1.50. The number of imide groups is 2. The number of phenols is 1. The first-order valence-electron chi connectivity index (χ1n) is 18.7. The normalized spacial score (nSPS) is 25.1. The molecule has 6 atom stereocenters. The molecule has 4 aliphatic rings. The van der Waals surface area contributed by atoms with Crippen LogP contribution in [0.15, 0.2) is 84.4 Å². The second-order valence-electron chi connectivity index (χ2n) is 15.1. The Kier molecular flexibility index (Phi) is 9.79. The summed E-state index contributed by atoms with van der Waals surface area (Å²) in [6.07, 6.45) is 5.91. The summed E-state index contributed by atoms with van der Waals surface area (Å²) in [6, 6.07) is 19.1. The van der Waals surface area contributed by atoms with Crippen molar-refractivity contribution in [1.29, 1.82) is 0 Å². The number of fused-ring (bicyclic) bond motifs is 4. The number of anilines is 2. The van der Waals surface area contributed by atoms with Gasteiger partial charge in [0, 0.05) is 29.2 Å². The number of benzene rings is 4. The smallest absolute Gasteiger partial charge is 0.241 e. The van der Waals surface area contributed by atoms with Gasteiger partial charge in [-0.05, 0) is 79.8 Å².